The van der Waals surface area contributed by atoms with Gasteiger partial charge in [0.05, 0.1) is 0 Å². The van der Waals surface area contributed by atoms with Crippen molar-refractivity contribution in [2.45, 2.75) is 0 Å². The molecule has 0 saturated carbocycles. The van der Waals surface area contributed by atoms with Crippen LogP contribution in [0.15, 0.2) is 0 Å². The summed E-state index contributed by atoms with van der Waals surface area (Å²) >= 11 is 1.17. The molecule has 0 heterocycles. The molecule has 0 N–H and O–H groups in total. The van der Waals surface area contributed by atoms with Crippen molar-refractivity contribution in [3.63, 3.8) is 0 Å². The molecule has 0 aliphatic carbocycles. The molecule has 0 aromatic rings. The van der Waals surface area contributed by atoms with Crippen molar-refractivity contribution in [1.29, 1.82) is 0 Å². The fraction of sp³-hybridized carbons (Fsp3) is 0. The van der Waals surface area contributed by atoms with Gasteiger partial charge in [-0.25, -0.2) is 0 Å². The first kappa shape index (κ1) is 16.9. The summed E-state index contributed by atoms with van der Waals surface area (Å²) in [4.78, 5) is 0. The third kappa shape index (κ3) is 9.14. The van der Waals surface area contributed by atoms with Crippen molar-refractivity contribution < 1.29 is 57.9 Å². The normalized spacial score (nSPS) is 0.750. The Morgan fingerprint density at radius 1 is 1.25 bits per heavy atom. The molecule has 0 saturated heterocycles. The summed E-state index contributed by atoms with van der Waals surface area (Å²) in [5.74, 6) is 0. The van der Waals surface area contributed by atoms with Gasteiger partial charge in [0.15, 0.2) is 0 Å². The molecule has 4 heavy (non-hydrogen) atoms. The van der Waals surface area contributed by atoms with Crippen LogP contribution in [0.4, 0.5) is 4.70 Å². The van der Waals surface area contributed by atoms with Crippen LogP contribution in [-0.4, -0.2) is 16.2 Å². The van der Waals surface area contributed by atoms with Crippen LogP contribution in [-0.2, 0) is 3.80 Å². The Balaban J connectivity index is -0.00000000500. The Bertz CT molecular complexity index is 8.00. The molecule has 0 atom stereocenters. The first-order valence-electron chi connectivity index (χ1n) is 0.236. The summed E-state index contributed by atoms with van der Waals surface area (Å²) < 4.78 is 8.17. The second-order valence-electron chi connectivity index (χ2n) is 0. The van der Waals surface area contributed by atoms with Gasteiger partial charge in [-0.1, -0.05) is 0 Å². The maximum atomic E-state index is 8.17. The predicted molar refractivity (Wildman–Crippen MR) is 8.94 cm³/mol. The number of hydrogen-bond donors (Lipinski definition) is 0. The van der Waals surface area contributed by atoms with Gasteiger partial charge in [-0.2, -0.15) is 0 Å². The van der Waals surface area contributed by atoms with Crippen molar-refractivity contribution in [2.24, 2.45) is 0 Å². The van der Waals surface area contributed by atoms with E-state index in [9.17, 15) is 0 Å². The van der Waals surface area contributed by atoms with Crippen LogP contribution >= 0.6 is 0 Å². The molecule has 0 amide bonds. The van der Waals surface area contributed by atoms with Gasteiger partial charge in [-0.3, -0.25) is 4.70 Å². The van der Waals surface area contributed by atoms with Gasteiger partial charge in [-0.15, -0.1) is 0 Å². The Morgan fingerprint density at radius 3 is 1.25 bits per heavy atom. The first-order valence-corrected chi connectivity index (χ1v) is 0.707. The van der Waals surface area contributed by atoms with E-state index in [1.54, 1.807) is 0 Å². The summed E-state index contributed by atoms with van der Waals surface area (Å²) in [5.41, 5.74) is 0. The van der Waals surface area contributed by atoms with Crippen LogP contribution in [0.25, 0.3) is 0 Å². The van der Waals surface area contributed by atoms with E-state index in [1.807, 2.05) is 0 Å². The molecule has 0 aliphatic rings. The quantitative estimate of drug-likeness (QED) is 0.505. The molecule has 4 heteroatoms. The van der Waals surface area contributed by atoms with Crippen molar-refractivity contribution >= 4 is 16.2 Å². The van der Waals surface area contributed by atoms with Gasteiger partial charge in [0.25, 0.3) is 0 Å². The van der Waals surface area contributed by atoms with E-state index in [0.717, 1.165) is 0 Å². The fourth-order valence-corrected chi connectivity index (χ4v) is 0. The van der Waals surface area contributed by atoms with Gasteiger partial charge in [0, 0.05) is 49.4 Å². The second-order valence-corrected chi connectivity index (χ2v) is 0. The standard InChI is InChI=1S/Al.Eu.FH.O/h;;1H;. The van der Waals surface area contributed by atoms with E-state index in [0.29, 0.717) is 0 Å². The van der Waals surface area contributed by atoms with Gasteiger partial charge in [-0.05, 0) is 0 Å². The Kier molecular flexibility index (Phi) is 89.1. The number of hydrogen-bond acceptors (Lipinski definition) is 1. The molecule has 0 spiro atoms. The van der Waals surface area contributed by atoms with Crippen molar-refractivity contribution in [3.05, 3.63) is 0 Å². The summed E-state index contributed by atoms with van der Waals surface area (Å²) in [6, 6.07) is 0. The molecule has 2 radical (unpaired) electrons. The van der Waals surface area contributed by atoms with E-state index < -0.39 is 0 Å². The molecule has 24 valence electrons. The molecule has 0 rings (SSSR count). The van der Waals surface area contributed by atoms with Crippen LogP contribution in [0, 0.1) is 49.4 Å². The minimum absolute atomic E-state index is 0. The SMILES string of the molecule is F.[Eu].[O]=[Al]. The van der Waals surface area contributed by atoms with E-state index >= 15 is 0 Å². The van der Waals surface area contributed by atoms with Crippen LogP contribution in [0.5, 0.6) is 0 Å². The third-order valence-corrected chi connectivity index (χ3v) is 0. The predicted octanol–water partition coefficient (Wildman–Crippen LogP) is -0.347. The van der Waals surface area contributed by atoms with Crippen molar-refractivity contribution in [1.82, 2.24) is 0 Å². The molecule has 0 fully saturated rings. The third-order valence-electron chi connectivity index (χ3n) is 0. The van der Waals surface area contributed by atoms with Crippen molar-refractivity contribution in [3.8, 4) is 0 Å². The van der Waals surface area contributed by atoms with Crippen LogP contribution in [0.3, 0.4) is 0 Å². The van der Waals surface area contributed by atoms with Crippen LogP contribution < -0.4 is 0 Å². The molecule has 0 aliphatic heterocycles. The van der Waals surface area contributed by atoms with E-state index in [-0.39, 0.29) is 54.1 Å². The van der Waals surface area contributed by atoms with E-state index in [2.05, 4.69) is 0 Å². The Hall–Kier alpha value is 1.85. The maximum absolute atomic E-state index is 8.17. The molecular weight excluding hydrogens is 214 g/mol. The molecule has 1 nitrogen and oxygen atoms in total. The minimum atomic E-state index is 0. The summed E-state index contributed by atoms with van der Waals surface area (Å²) in [6.07, 6.45) is 0. The van der Waals surface area contributed by atoms with Gasteiger partial charge < -0.3 is 0 Å². The first-order chi connectivity index (χ1) is 1.00. The van der Waals surface area contributed by atoms with E-state index in [1.165, 1.54) is 16.2 Å². The van der Waals surface area contributed by atoms with E-state index in [4.69, 9.17) is 3.80 Å². The summed E-state index contributed by atoms with van der Waals surface area (Å²) in [5, 5.41) is 0. The number of halogens is 1. The van der Waals surface area contributed by atoms with Crippen LogP contribution in [0.1, 0.15) is 0 Å². The average molecular weight is 215 g/mol. The molecule has 0 unspecified atom stereocenters. The van der Waals surface area contributed by atoms with Gasteiger partial charge >= 0.3 is 20.0 Å². The van der Waals surface area contributed by atoms with Crippen LogP contribution in [0.2, 0.25) is 0 Å². The zero-order chi connectivity index (χ0) is 2.00. The van der Waals surface area contributed by atoms with Gasteiger partial charge in [0.2, 0.25) is 0 Å². The molecule has 0 aromatic heterocycles. The van der Waals surface area contributed by atoms with Crippen molar-refractivity contribution in [2.75, 3.05) is 0 Å². The monoisotopic (exact) mass is 216 g/mol. The average Bonchev–Trinajstić information content (AvgIpc) is 1.00. The summed E-state index contributed by atoms with van der Waals surface area (Å²) in [7, 11) is 0. The Morgan fingerprint density at radius 2 is 1.25 bits per heavy atom. The summed E-state index contributed by atoms with van der Waals surface area (Å²) in [6.45, 7) is 0. The topological polar surface area (TPSA) is 17.1 Å². The fourth-order valence-electron chi connectivity index (χ4n) is 0. The zero-order valence-corrected chi connectivity index (χ0v) is 5.35. The second kappa shape index (κ2) is 21.0. The molecule has 0 bridgehead atoms. The number of rotatable bonds is 0. The van der Waals surface area contributed by atoms with Gasteiger partial charge in [0.1, 0.15) is 0 Å². The molecule has 0 aromatic carbocycles. The zero-order valence-electron chi connectivity index (χ0n) is 1.77. The Labute approximate surface area is 72.7 Å². The molecular formula is HAlEuFO.